The molecule has 0 radical (unpaired) electrons. The van der Waals surface area contributed by atoms with E-state index in [9.17, 15) is 0 Å². The zero-order valence-electron chi connectivity index (χ0n) is 18.5. The van der Waals surface area contributed by atoms with E-state index in [0.29, 0.717) is 17.5 Å². The first kappa shape index (κ1) is 22.0. The van der Waals surface area contributed by atoms with Crippen molar-refractivity contribution in [2.24, 2.45) is 35.0 Å². The first-order valence-corrected chi connectivity index (χ1v) is 10.8. The Balaban J connectivity index is 3.33. The molecule has 0 saturated carbocycles. The van der Waals surface area contributed by atoms with Crippen LogP contribution in [0.15, 0.2) is 0 Å². The number of likely N-dealkylation sites (tertiary alicyclic amines) is 1. The molecule has 6 atom stereocenters. The molecule has 1 nitrogen and oxygen atoms in total. The lowest BCUT2D eigenvalue weighted by atomic mass is 9.50. The predicted molar refractivity (Wildman–Crippen MR) is 109 cm³/mol. The summed E-state index contributed by atoms with van der Waals surface area (Å²) in [6.45, 7) is 22.4. The second-order valence-electron chi connectivity index (χ2n) is 9.86. The fourth-order valence-electron chi connectivity index (χ4n) is 6.71. The lowest BCUT2D eigenvalue weighted by Gasteiger charge is -2.57. The number of hydrogen-bond acceptors (Lipinski definition) is 1. The first-order valence-electron chi connectivity index (χ1n) is 10.8. The SMILES string of the molecule is CCCC(C)C1(C(C)CC(C)C)C(C)CC(C)N(C)C(C)CC1C. The van der Waals surface area contributed by atoms with Crippen molar-refractivity contribution in [1.29, 1.82) is 0 Å². The monoisotopic (exact) mass is 337 g/mol. The van der Waals surface area contributed by atoms with Crippen LogP contribution in [0.1, 0.15) is 94.4 Å². The molecule has 0 spiro atoms. The third-order valence-electron chi connectivity index (χ3n) is 7.74. The number of rotatable bonds is 6. The summed E-state index contributed by atoms with van der Waals surface area (Å²) in [5, 5.41) is 0. The highest BCUT2D eigenvalue weighted by Crippen LogP contribution is 2.56. The highest BCUT2D eigenvalue weighted by Gasteiger charge is 2.50. The van der Waals surface area contributed by atoms with Crippen molar-refractivity contribution < 1.29 is 0 Å². The van der Waals surface area contributed by atoms with Gasteiger partial charge in [-0.25, -0.2) is 0 Å². The molecule has 1 heterocycles. The molecule has 144 valence electrons. The Labute approximate surface area is 154 Å². The molecule has 0 aliphatic carbocycles. The van der Waals surface area contributed by atoms with Gasteiger partial charge in [-0.05, 0) is 75.2 Å². The standard InChI is InChI=1S/C23H47N/c1-11-12-17(4)23(18(5)13-16(2)3)19(6)14-21(8)24(10)22(9)15-20(23)7/h16-22H,11-15H2,1-10H3. The third-order valence-corrected chi connectivity index (χ3v) is 7.74. The maximum absolute atomic E-state index is 2.63. The Morgan fingerprint density at radius 3 is 1.71 bits per heavy atom. The average molecular weight is 338 g/mol. The predicted octanol–water partition coefficient (Wildman–Crippen LogP) is 6.87. The van der Waals surface area contributed by atoms with Gasteiger partial charge in [-0.15, -0.1) is 0 Å². The summed E-state index contributed by atoms with van der Waals surface area (Å²) in [4.78, 5) is 2.63. The van der Waals surface area contributed by atoms with Crippen LogP contribution in [0.3, 0.4) is 0 Å². The highest BCUT2D eigenvalue weighted by molar-refractivity contribution is 5.00. The van der Waals surface area contributed by atoms with Crippen LogP contribution in [0.5, 0.6) is 0 Å². The molecule has 0 amide bonds. The zero-order valence-corrected chi connectivity index (χ0v) is 18.5. The highest BCUT2D eigenvalue weighted by atomic mass is 15.2. The Morgan fingerprint density at radius 1 is 0.875 bits per heavy atom. The van der Waals surface area contributed by atoms with Crippen molar-refractivity contribution in [3.8, 4) is 0 Å². The van der Waals surface area contributed by atoms with Gasteiger partial charge in [0.05, 0.1) is 0 Å². The second-order valence-corrected chi connectivity index (χ2v) is 9.86. The van der Waals surface area contributed by atoms with Crippen molar-refractivity contribution in [2.45, 2.75) is 107 Å². The smallest absolute Gasteiger partial charge is 0.00694 e. The first-order chi connectivity index (χ1) is 11.1. The van der Waals surface area contributed by atoms with E-state index in [1.807, 2.05) is 0 Å². The molecule has 1 saturated heterocycles. The Bertz CT molecular complexity index is 343. The van der Waals surface area contributed by atoms with Crippen molar-refractivity contribution in [1.82, 2.24) is 4.90 Å². The van der Waals surface area contributed by atoms with Gasteiger partial charge in [-0.1, -0.05) is 61.3 Å². The summed E-state index contributed by atoms with van der Waals surface area (Å²) in [5.74, 6) is 4.03. The molecule has 24 heavy (non-hydrogen) atoms. The molecule has 0 N–H and O–H groups in total. The molecule has 1 heteroatoms. The van der Waals surface area contributed by atoms with Gasteiger partial charge in [-0.3, -0.25) is 0 Å². The molecule has 0 aromatic rings. The van der Waals surface area contributed by atoms with E-state index >= 15 is 0 Å². The van der Waals surface area contributed by atoms with Crippen molar-refractivity contribution in [2.75, 3.05) is 7.05 Å². The van der Waals surface area contributed by atoms with Gasteiger partial charge >= 0.3 is 0 Å². The van der Waals surface area contributed by atoms with Gasteiger partial charge < -0.3 is 4.90 Å². The van der Waals surface area contributed by atoms with E-state index in [2.05, 4.69) is 74.3 Å². The second kappa shape index (κ2) is 9.06. The Hall–Kier alpha value is -0.0400. The fourth-order valence-corrected chi connectivity index (χ4v) is 6.71. The largest absolute Gasteiger partial charge is 0.301 e. The van der Waals surface area contributed by atoms with E-state index in [1.165, 1.54) is 32.1 Å². The normalized spacial score (nSPS) is 38.6. The summed E-state index contributed by atoms with van der Waals surface area (Å²) < 4.78 is 0. The third kappa shape index (κ3) is 4.37. The van der Waals surface area contributed by atoms with Crippen LogP contribution in [0.2, 0.25) is 0 Å². The maximum Gasteiger partial charge on any atom is 0.00694 e. The van der Waals surface area contributed by atoms with Gasteiger partial charge in [0.2, 0.25) is 0 Å². The van der Waals surface area contributed by atoms with Gasteiger partial charge in [-0.2, -0.15) is 0 Å². The molecule has 0 aromatic heterocycles. The van der Waals surface area contributed by atoms with Crippen LogP contribution in [0, 0.1) is 35.0 Å². The molecule has 0 bridgehead atoms. The van der Waals surface area contributed by atoms with Crippen LogP contribution in [-0.4, -0.2) is 24.0 Å². The van der Waals surface area contributed by atoms with E-state index < -0.39 is 0 Å². The van der Waals surface area contributed by atoms with Gasteiger partial charge in [0.15, 0.2) is 0 Å². The Morgan fingerprint density at radius 2 is 1.33 bits per heavy atom. The van der Waals surface area contributed by atoms with Gasteiger partial charge in [0.25, 0.3) is 0 Å². The lowest BCUT2D eigenvalue weighted by molar-refractivity contribution is -0.0791. The van der Waals surface area contributed by atoms with Crippen LogP contribution < -0.4 is 0 Å². The molecule has 1 aliphatic heterocycles. The fraction of sp³-hybridized carbons (Fsp3) is 1.00. The maximum atomic E-state index is 2.63. The van der Waals surface area contributed by atoms with Crippen molar-refractivity contribution in [3.05, 3.63) is 0 Å². The number of nitrogens with zero attached hydrogens (tertiary/aromatic N) is 1. The zero-order chi connectivity index (χ0) is 18.7. The summed E-state index contributed by atoms with van der Waals surface area (Å²) in [6.07, 6.45) is 6.78. The minimum atomic E-state index is 0.490. The van der Waals surface area contributed by atoms with Gasteiger partial charge in [0.1, 0.15) is 0 Å². The van der Waals surface area contributed by atoms with Crippen LogP contribution in [0.4, 0.5) is 0 Å². The summed E-state index contributed by atoms with van der Waals surface area (Å²) >= 11 is 0. The minimum Gasteiger partial charge on any atom is -0.301 e. The molecule has 1 rings (SSSR count). The van der Waals surface area contributed by atoms with Crippen LogP contribution in [0.25, 0.3) is 0 Å². The van der Waals surface area contributed by atoms with Crippen molar-refractivity contribution >= 4 is 0 Å². The summed E-state index contributed by atoms with van der Waals surface area (Å²) in [6, 6.07) is 1.39. The quantitative estimate of drug-likeness (QED) is 0.511. The van der Waals surface area contributed by atoms with E-state index in [1.54, 1.807) is 0 Å². The molecular formula is C23H47N. The Kier molecular flexibility index (Phi) is 8.30. The minimum absolute atomic E-state index is 0.490. The topological polar surface area (TPSA) is 3.24 Å². The van der Waals surface area contributed by atoms with E-state index in [0.717, 1.165) is 29.6 Å². The van der Waals surface area contributed by atoms with Crippen LogP contribution in [-0.2, 0) is 0 Å². The average Bonchev–Trinajstić information content (AvgIpc) is 2.45. The molecule has 1 fully saturated rings. The molecule has 0 aromatic carbocycles. The summed E-state index contributed by atoms with van der Waals surface area (Å²) in [7, 11) is 2.34. The van der Waals surface area contributed by atoms with Crippen LogP contribution >= 0.6 is 0 Å². The van der Waals surface area contributed by atoms with E-state index in [4.69, 9.17) is 0 Å². The molecule has 6 unspecified atom stereocenters. The number of hydrogen-bond donors (Lipinski definition) is 0. The van der Waals surface area contributed by atoms with E-state index in [-0.39, 0.29) is 0 Å². The molecule has 1 aliphatic rings. The molecular weight excluding hydrogens is 290 g/mol. The van der Waals surface area contributed by atoms with Gasteiger partial charge in [0, 0.05) is 12.1 Å². The van der Waals surface area contributed by atoms with Crippen molar-refractivity contribution in [3.63, 3.8) is 0 Å². The summed E-state index contributed by atoms with van der Waals surface area (Å²) in [5.41, 5.74) is 0.490. The lowest BCUT2D eigenvalue weighted by Crippen LogP contribution is -2.53.